The number of hydroxylamine groups is 1. The SMILES string of the molecule is O=C(NO)c1cc(F)c2c(c1)CCN(CC13CC4CC(CC(C4)N1)C3)C2. The monoisotopic (exact) mass is 359 g/mol. The van der Waals surface area contributed by atoms with Gasteiger partial charge in [-0.15, -0.1) is 0 Å². The predicted molar refractivity (Wildman–Crippen MR) is 94.4 cm³/mol. The van der Waals surface area contributed by atoms with Crippen LogP contribution >= 0.6 is 0 Å². The quantitative estimate of drug-likeness (QED) is 0.572. The molecule has 140 valence electrons. The van der Waals surface area contributed by atoms with Crippen LogP contribution in [0.4, 0.5) is 4.39 Å². The lowest BCUT2D eigenvalue weighted by Crippen LogP contribution is -2.67. The molecule has 0 spiro atoms. The molecule has 5 aliphatic rings. The van der Waals surface area contributed by atoms with E-state index in [2.05, 4.69) is 10.2 Å². The Bertz CT molecular complexity index is 716. The van der Waals surface area contributed by atoms with Gasteiger partial charge in [0.25, 0.3) is 5.91 Å². The third kappa shape index (κ3) is 2.75. The molecule has 4 fully saturated rings. The summed E-state index contributed by atoms with van der Waals surface area (Å²) in [5, 5.41) is 12.7. The molecule has 1 amide bonds. The van der Waals surface area contributed by atoms with Crippen molar-refractivity contribution in [3.63, 3.8) is 0 Å². The number of halogens is 1. The summed E-state index contributed by atoms with van der Waals surface area (Å²) in [6, 6.07) is 3.64. The fraction of sp³-hybridized carbons (Fsp3) is 0.650. The topological polar surface area (TPSA) is 64.6 Å². The van der Waals surface area contributed by atoms with Gasteiger partial charge in [-0.1, -0.05) is 0 Å². The molecule has 2 saturated carbocycles. The molecule has 0 aromatic heterocycles. The summed E-state index contributed by atoms with van der Waals surface area (Å²) in [6.07, 6.45) is 7.36. The van der Waals surface area contributed by atoms with Crippen molar-refractivity contribution in [3.05, 3.63) is 34.6 Å². The van der Waals surface area contributed by atoms with Crippen LogP contribution in [-0.2, 0) is 13.0 Å². The highest BCUT2D eigenvalue weighted by Crippen LogP contribution is 2.50. The van der Waals surface area contributed by atoms with Crippen LogP contribution in [0.3, 0.4) is 0 Å². The van der Waals surface area contributed by atoms with Gasteiger partial charge in [0.2, 0.25) is 0 Å². The van der Waals surface area contributed by atoms with Crippen LogP contribution < -0.4 is 10.8 Å². The third-order valence-corrected chi connectivity index (χ3v) is 7.03. The summed E-state index contributed by atoms with van der Waals surface area (Å²) in [5.41, 5.74) is 3.58. The van der Waals surface area contributed by atoms with Gasteiger partial charge in [0, 0.05) is 42.3 Å². The van der Waals surface area contributed by atoms with Crippen LogP contribution in [0.2, 0.25) is 0 Å². The van der Waals surface area contributed by atoms with E-state index >= 15 is 0 Å². The maximum atomic E-state index is 14.6. The standard InChI is InChI=1S/C20H26FN3O2/c21-18-7-15(19(25)23-26)6-14-1-2-24(10-17(14)18)11-20-8-12-3-13(9-20)5-16(4-12)22-20/h6-7,12-13,16,22,26H,1-5,8-11H2,(H,23,25). The minimum atomic E-state index is -0.660. The summed E-state index contributed by atoms with van der Waals surface area (Å²) < 4.78 is 14.6. The molecular formula is C20H26FN3O2. The van der Waals surface area contributed by atoms with Gasteiger partial charge in [-0.2, -0.15) is 0 Å². The number of carbonyl (C=O) groups excluding carboxylic acids is 1. The molecule has 3 N–H and O–H groups in total. The summed E-state index contributed by atoms with van der Waals surface area (Å²) in [6.45, 7) is 2.49. The molecule has 26 heavy (non-hydrogen) atoms. The van der Waals surface area contributed by atoms with Gasteiger partial charge in [-0.25, -0.2) is 9.87 Å². The number of nitrogens with zero attached hydrogens (tertiary/aromatic N) is 1. The Kier molecular flexibility index (Phi) is 3.85. The van der Waals surface area contributed by atoms with Gasteiger partial charge in [0.05, 0.1) is 0 Å². The molecule has 5 nitrogen and oxygen atoms in total. The molecule has 3 heterocycles. The second-order valence-electron chi connectivity index (χ2n) is 8.97. The Balaban J connectivity index is 1.34. The summed E-state index contributed by atoms with van der Waals surface area (Å²) >= 11 is 0. The normalized spacial score (nSPS) is 35.4. The Morgan fingerprint density at radius 1 is 1.31 bits per heavy atom. The zero-order valence-electron chi connectivity index (χ0n) is 14.9. The Morgan fingerprint density at radius 2 is 2.08 bits per heavy atom. The number of rotatable bonds is 3. The predicted octanol–water partition coefficient (Wildman–Crippen LogP) is 2.22. The highest BCUT2D eigenvalue weighted by Gasteiger charge is 2.51. The number of piperidine rings is 2. The van der Waals surface area contributed by atoms with Crippen molar-refractivity contribution in [1.82, 2.24) is 15.7 Å². The lowest BCUT2D eigenvalue weighted by atomic mass is 9.59. The van der Waals surface area contributed by atoms with E-state index in [-0.39, 0.29) is 16.9 Å². The van der Waals surface area contributed by atoms with E-state index in [1.807, 2.05) is 0 Å². The van der Waals surface area contributed by atoms with E-state index in [9.17, 15) is 9.18 Å². The lowest BCUT2D eigenvalue weighted by molar-refractivity contribution is -0.0227. The van der Waals surface area contributed by atoms with Crippen molar-refractivity contribution in [3.8, 4) is 0 Å². The van der Waals surface area contributed by atoms with Crippen LogP contribution in [0.25, 0.3) is 0 Å². The molecule has 1 aromatic rings. The molecule has 6 rings (SSSR count). The fourth-order valence-corrected chi connectivity index (χ4v) is 6.36. The average molecular weight is 359 g/mol. The van der Waals surface area contributed by atoms with Gasteiger partial charge in [-0.3, -0.25) is 14.9 Å². The smallest absolute Gasteiger partial charge is 0.274 e. The van der Waals surface area contributed by atoms with Gasteiger partial charge < -0.3 is 5.32 Å². The van der Waals surface area contributed by atoms with Gasteiger partial charge in [0.1, 0.15) is 5.82 Å². The van der Waals surface area contributed by atoms with Gasteiger partial charge in [0.15, 0.2) is 0 Å². The van der Waals surface area contributed by atoms with E-state index in [1.54, 1.807) is 11.5 Å². The zero-order chi connectivity index (χ0) is 17.9. The number of carbonyl (C=O) groups is 1. The Labute approximate surface area is 152 Å². The first-order valence-corrected chi connectivity index (χ1v) is 9.79. The molecule has 0 radical (unpaired) electrons. The molecule has 3 aliphatic heterocycles. The number of hydrogen-bond acceptors (Lipinski definition) is 4. The van der Waals surface area contributed by atoms with Crippen LogP contribution in [-0.4, -0.2) is 40.7 Å². The van der Waals surface area contributed by atoms with Crippen molar-refractivity contribution in [1.29, 1.82) is 0 Å². The minimum absolute atomic E-state index is 0.181. The molecular weight excluding hydrogens is 333 g/mol. The van der Waals surface area contributed by atoms with E-state index in [1.165, 1.54) is 38.2 Å². The molecule has 6 heteroatoms. The number of amides is 1. The van der Waals surface area contributed by atoms with Crippen molar-refractivity contribution in [2.45, 2.75) is 56.7 Å². The maximum absolute atomic E-state index is 14.6. The minimum Gasteiger partial charge on any atom is -0.307 e. The molecule has 2 aliphatic carbocycles. The molecule has 4 bridgehead atoms. The Hall–Kier alpha value is -1.50. The van der Waals surface area contributed by atoms with E-state index in [0.717, 1.165) is 36.9 Å². The molecule has 1 aromatic carbocycles. The first-order valence-electron chi connectivity index (χ1n) is 9.79. The number of benzene rings is 1. The second kappa shape index (κ2) is 6.01. The summed E-state index contributed by atoms with van der Waals surface area (Å²) in [7, 11) is 0. The lowest BCUT2D eigenvalue weighted by Gasteiger charge is -2.58. The highest BCUT2D eigenvalue weighted by atomic mass is 19.1. The van der Waals surface area contributed by atoms with Crippen molar-refractivity contribution in [2.24, 2.45) is 11.8 Å². The van der Waals surface area contributed by atoms with Crippen molar-refractivity contribution < 1.29 is 14.4 Å². The number of nitrogens with one attached hydrogen (secondary N) is 2. The molecule has 2 unspecified atom stereocenters. The molecule has 2 atom stereocenters. The maximum Gasteiger partial charge on any atom is 0.274 e. The summed E-state index contributed by atoms with van der Waals surface area (Å²) in [5.74, 6) is 0.750. The van der Waals surface area contributed by atoms with Crippen LogP contribution in [0, 0.1) is 17.7 Å². The highest BCUT2D eigenvalue weighted by molar-refractivity contribution is 5.93. The van der Waals surface area contributed by atoms with Crippen molar-refractivity contribution >= 4 is 5.91 Å². The molecule has 2 saturated heterocycles. The fourth-order valence-electron chi connectivity index (χ4n) is 6.36. The first-order chi connectivity index (χ1) is 12.5. The third-order valence-electron chi connectivity index (χ3n) is 7.03. The van der Waals surface area contributed by atoms with Crippen LogP contribution in [0.15, 0.2) is 12.1 Å². The Morgan fingerprint density at radius 3 is 2.77 bits per heavy atom. The van der Waals surface area contributed by atoms with Crippen molar-refractivity contribution in [2.75, 3.05) is 13.1 Å². The van der Waals surface area contributed by atoms with E-state index in [4.69, 9.17) is 5.21 Å². The van der Waals surface area contributed by atoms with E-state index < -0.39 is 5.91 Å². The average Bonchev–Trinajstić information content (AvgIpc) is 2.60. The second-order valence-corrected chi connectivity index (χ2v) is 8.97. The number of fused-ring (bicyclic) bond motifs is 1. The summed E-state index contributed by atoms with van der Waals surface area (Å²) in [4.78, 5) is 14.0. The van der Waals surface area contributed by atoms with Crippen LogP contribution in [0.1, 0.15) is 53.6 Å². The first kappa shape index (κ1) is 16.7. The largest absolute Gasteiger partial charge is 0.307 e. The van der Waals surface area contributed by atoms with Gasteiger partial charge in [-0.05, 0) is 68.1 Å². The number of hydrogen-bond donors (Lipinski definition) is 3. The van der Waals surface area contributed by atoms with Crippen LogP contribution in [0.5, 0.6) is 0 Å². The van der Waals surface area contributed by atoms with Gasteiger partial charge >= 0.3 is 0 Å². The zero-order valence-corrected chi connectivity index (χ0v) is 14.9. The van der Waals surface area contributed by atoms with E-state index in [0.29, 0.717) is 18.2 Å².